The molecule has 0 amide bonds. The van der Waals surface area contributed by atoms with Gasteiger partial charge in [0, 0.05) is 23.0 Å². The van der Waals surface area contributed by atoms with Crippen LogP contribution in [0.2, 0.25) is 0 Å². The summed E-state index contributed by atoms with van der Waals surface area (Å²) in [6.07, 6.45) is 1.83. The molecule has 25 heavy (non-hydrogen) atoms. The van der Waals surface area contributed by atoms with E-state index < -0.39 is 0 Å². The van der Waals surface area contributed by atoms with Gasteiger partial charge >= 0.3 is 0 Å². The van der Waals surface area contributed by atoms with Gasteiger partial charge in [0.25, 0.3) is 0 Å². The molecule has 0 aliphatic rings. The third-order valence-corrected chi connectivity index (χ3v) is 3.96. The van der Waals surface area contributed by atoms with Gasteiger partial charge in [-0.15, -0.1) is 0 Å². The number of nitrogens with one attached hydrogen (secondary N) is 1. The van der Waals surface area contributed by atoms with Gasteiger partial charge in [0.1, 0.15) is 11.5 Å². The summed E-state index contributed by atoms with van der Waals surface area (Å²) in [5.41, 5.74) is 5.12. The van der Waals surface area contributed by atoms with Gasteiger partial charge in [0.05, 0.1) is 32.3 Å². The highest BCUT2D eigenvalue weighted by Crippen LogP contribution is 2.24. The number of ether oxygens (including phenoxy) is 2. The highest BCUT2D eigenvalue weighted by atomic mass is 16.5. The number of nitrogens with zero attached hydrogens (tertiary/aromatic N) is 2. The summed E-state index contributed by atoms with van der Waals surface area (Å²) in [5, 5.41) is 3.33. The monoisotopic (exact) mass is 343 g/mol. The molecule has 2 aromatic rings. The Hall–Kier alpha value is -2.56. The van der Waals surface area contributed by atoms with Crippen LogP contribution in [0.1, 0.15) is 36.7 Å². The standard InChI is InChI=1S/C19H25N3O2.CH4/c1-12-9-16(23-5)7-8-17(12)22-15(4)20-11-18-14(3)19(24-6)13(2)10-21-18;/h7-10H,11H2,1-6H3,(H,20,22);1H4. The fraction of sp³-hybridized carbons (Fsp3) is 0.400. The van der Waals surface area contributed by atoms with E-state index >= 15 is 0 Å². The molecule has 0 atom stereocenters. The first-order valence-corrected chi connectivity index (χ1v) is 7.88. The van der Waals surface area contributed by atoms with Crippen molar-refractivity contribution in [1.29, 1.82) is 0 Å². The van der Waals surface area contributed by atoms with Crippen molar-refractivity contribution in [2.45, 2.75) is 41.7 Å². The molecule has 2 rings (SSSR count). The van der Waals surface area contributed by atoms with E-state index in [9.17, 15) is 0 Å². The number of aliphatic imine (C=N–C) groups is 1. The van der Waals surface area contributed by atoms with Crippen LogP contribution in [0.15, 0.2) is 29.4 Å². The van der Waals surface area contributed by atoms with Crippen molar-refractivity contribution in [3.8, 4) is 11.5 Å². The molecule has 0 saturated heterocycles. The lowest BCUT2D eigenvalue weighted by Crippen LogP contribution is -2.09. The summed E-state index contributed by atoms with van der Waals surface area (Å²) in [6.45, 7) is 8.50. The summed E-state index contributed by atoms with van der Waals surface area (Å²) >= 11 is 0. The summed E-state index contributed by atoms with van der Waals surface area (Å²) < 4.78 is 10.7. The van der Waals surface area contributed by atoms with Crippen LogP contribution >= 0.6 is 0 Å². The number of rotatable bonds is 5. The third-order valence-electron chi connectivity index (χ3n) is 3.96. The number of pyridine rings is 1. The zero-order valence-electron chi connectivity index (χ0n) is 15.2. The van der Waals surface area contributed by atoms with E-state index in [0.29, 0.717) is 6.54 Å². The maximum atomic E-state index is 5.44. The molecule has 0 radical (unpaired) electrons. The molecule has 1 aromatic carbocycles. The average Bonchev–Trinajstić information content (AvgIpc) is 2.56. The Morgan fingerprint density at radius 3 is 2.44 bits per heavy atom. The van der Waals surface area contributed by atoms with Crippen LogP contribution in [0.3, 0.4) is 0 Å². The Morgan fingerprint density at radius 1 is 1.12 bits per heavy atom. The van der Waals surface area contributed by atoms with Crippen LogP contribution in [0.4, 0.5) is 5.69 Å². The molecule has 0 aliphatic heterocycles. The Balaban J connectivity index is 0.00000312. The molecule has 0 spiro atoms. The molecular formula is C20H29N3O2. The average molecular weight is 343 g/mol. The number of aryl methyl sites for hydroxylation is 2. The lowest BCUT2D eigenvalue weighted by Gasteiger charge is -2.12. The van der Waals surface area contributed by atoms with E-state index in [1.165, 1.54) is 0 Å². The van der Waals surface area contributed by atoms with Crippen LogP contribution in [0, 0.1) is 20.8 Å². The zero-order valence-corrected chi connectivity index (χ0v) is 15.2. The second-order valence-electron chi connectivity index (χ2n) is 5.75. The summed E-state index contributed by atoms with van der Waals surface area (Å²) in [6, 6.07) is 5.91. The van der Waals surface area contributed by atoms with Crippen LogP contribution in [-0.4, -0.2) is 25.0 Å². The second kappa shape index (κ2) is 9.06. The van der Waals surface area contributed by atoms with Gasteiger partial charge < -0.3 is 14.8 Å². The third kappa shape index (κ3) is 4.95. The van der Waals surface area contributed by atoms with Gasteiger partial charge in [0.15, 0.2) is 0 Å². The molecule has 0 fully saturated rings. The van der Waals surface area contributed by atoms with Crippen molar-refractivity contribution in [3.63, 3.8) is 0 Å². The van der Waals surface area contributed by atoms with E-state index in [-0.39, 0.29) is 7.43 Å². The molecule has 0 unspecified atom stereocenters. The maximum Gasteiger partial charge on any atom is 0.128 e. The minimum Gasteiger partial charge on any atom is -0.497 e. The SMILES string of the molecule is C.COc1ccc(NC(C)=NCc2ncc(C)c(OC)c2C)c(C)c1. The van der Waals surface area contributed by atoms with Crippen molar-refractivity contribution in [2.24, 2.45) is 4.99 Å². The van der Waals surface area contributed by atoms with E-state index in [1.54, 1.807) is 14.2 Å². The maximum absolute atomic E-state index is 5.44. The zero-order chi connectivity index (χ0) is 17.7. The highest BCUT2D eigenvalue weighted by molar-refractivity contribution is 5.94. The van der Waals surface area contributed by atoms with Gasteiger partial charge in [-0.05, 0) is 51.5 Å². The molecule has 0 aliphatic carbocycles. The lowest BCUT2D eigenvalue weighted by molar-refractivity contribution is 0.407. The predicted molar refractivity (Wildman–Crippen MR) is 105 cm³/mol. The molecule has 1 N–H and O–H groups in total. The number of amidine groups is 1. The Kier molecular flexibility index (Phi) is 7.43. The first kappa shape index (κ1) is 20.5. The van der Waals surface area contributed by atoms with Gasteiger partial charge in [-0.1, -0.05) is 7.43 Å². The number of methoxy groups -OCH3 is 2. The number of hydrogen-bond donors (Lipinski definition) is 1. The van der Waals surface area contributed by atoms with E-state index in [2.05, 4.69) is 15.3 Å². The number of aromatic nitrogens is 1. The molecule has 1 aromatic heterocycles. The predicted octanol–water partition coefficient (Wildman–Crippen LogP) is 4.69. The van der Waals surface area contributed by atoms with Crippen molar-refractivity contribution in [1.82, 2.24) is 4.98 Å². The van der Waals surface area contributed by atoms with Gasteiger partial charge in [0.2, 0.25) is 0 Å². The van der Waals surface area contributed by atoms with Crippen molar-refractivity contribution >= 4 is 11.5 Å². The largest absolute Gasteiger partial charge is 0.497 e. The fourth-order valence-corrected chi connectivity index (χ4v) is 2.56. The second-order valence-corrected chi connectivity index (χ2v) is 5.75. The topological polar surface area (TPSA) is 55.7 Å². The Bertz CT molecular complexity index is 755. The van der Waals surface area contributed by atoms with E-state index in [1.807, 2.05) is 52.1 Å². The number of benzene rings is 1. The smallest absolute Gasteiger partial charge is 0.128 e. The fourth-order valence-electron chi connectivity index (χ4n) is 2.56. The quantitative estimate of drug-likeness (QED) is 0.632. The molecule has 5 heteroatoms. The summed E-state index contributed by atoms with van der Waals surface area (Å²) in [7, 11) is 3.35. The van der Waals surface area contributed by atoms with Crippen LogP contribution in [-0.2, 0) is 6.54 Å². The first-order chi connectivity index (χ1) is 11.5. The van der Waals surface area contributed by atoms with Crippen molar-refractivity contribution in [3.05, 3.63) is 46.8 Å². The Labute approximate surface area is 151 Å². The van der Waals surface area contributed by atoms with E-state index in [0.717, 1.165) is 45.4 Å². The Morgan fingerprint density at radius 2 is 1.84 bits per heavy atom. The first-order valence-electron chi connectivity index (χ1n) is 7.88. The van der Waals surface area contributed by atoms with Crippen molar-refractivity contribution < 1.29 is 9.47 Å². The molecule has 136 valence electrons. The van der Waals surface area contributed by atoms with Gasteiger partial charge in [-0.3, -0.25) is 9.98 Å². The molecule has 5 nitrogen and oxygen atoms in total. The lowest BCUT2D eigenvalue weighted by atomic mass is 10.1. The molecule has 1 heterocycles. The molecule has 0 saturated carbocycles. The highest BCUT2D eigenvalue weighted by Gasteiger charge is 2.09. The summed E-state index contributed by atoms with van der Waals surface area (Å²) in [4.78, 5) is 9.07. The van der Waals surface area contributed by atoms with E-state index in [4.69, 9.17) is 9.47 Å². The van der Waals surface area contributed by atoms with Crippen molar-refractivity contribution in [2.75, 3.05) is 19.5 Å². The van der Waals surface area contributed by atoms with Crippen LogP contribution in [0.25, 0.3) is 0 Å². The van der Waals surface area contributed by atoms with Crippen LogP contribution in [0.5, 0.6) is 11.5 Å². The molecule has 0 bridgehead atoms. The number of anilines is 1. The normalized spacial score (nSPS) is 10.9. The minimum absolute atomic E-state index is 0. The van der Waals surface area contributed by atoms with Gasteiger partial charge in [-0.2, -0.15) is 0 Å². The summed E-state index contributed by atoms with van der Waals surface area (Å²) in [5.74, 6) is 2.56. The number of hydrogen-bond acceptors (Lipinski definition) is 4. The minimum atomic E-state index is 0. The van der Waals surface area contributed by atoms with Gasteiger partial charge in [-0.25, -0.2) is 0 Å². The van der Waals surface area contributed by atoms with Crippen LogP contribution < -0.4 is 14.8 Å². The molecular weight excluding hydrogens is 314 g/mol.